The Balaban J connectivity index is 1.31. The van der Waals surface area contributed by atoms with Gasteiger partial charge in [0.15, 0.2) is 0 Å². The number of hydrogen-bond acceptors (Lipinski definition) is 7. The van der Waals surface area contributed by atoms with E-state index < -0.39 is 5.66 Å². The largest absolute Gasteiger partial charge is 0.381 e. The molecule has 0 saturated carbocycles. The zero-order chi connectivity index (χ0) is 25.8. The predicted molar refractivity (Wildman–Crippen MR) is 139 cm³/mol. The number of aromatic nitrogens is 2. The summed E-state index contributed by atoms with van der Waals surface area (Å²) in [6.07, 6.45) is 10.1. The van der Waals surface area contributed by atoms with Gasteiger partial charge in [-0.2, -0.15) is 0 Å². The molecular formula is C27H35N7O3. The van der Waals surface area contributed by atoms with Crippen molar-refractivity contribution in [3.05, 3.63) is 66.4 Å². The van der Waals surface area contributed by atoms with Crippen LogP contribution in [0.25, 0.3) is 0 Å². The summed E-state index contributed by atoms with van der Waals surface area (Å²) in [6, 6.07) is 7.97. The molecule has 0 aliphatic carbocycles. The van der Waals surface area contributed by atoms with Gasteiger partial charge in [-0.3, -0.25) is 19.1 Å². The molecule has 2 saturated heterocycles. The predicted octanol–water partition coefficient (Wildman–Crippen LogP) is 1.48. The first kappa shape index (κ1) is 25.2. The number of nitrogens with zero attached hydrogens (tertiary/aromatic N) is 5. The van der Waals surface area contributed by atoms with Crippen molar-refractivity contribution in [3.63, 3.8) is 0 Å². The van der Waals surface area contributed by atoms with Crippen molar-refractivity contribution < 1.29 is 14.3 Å². The van der Waals surface area contributed by atoms with Gasteiger partial charge in [0, 0.05) is 63.8 Å². The Hall–Kier alpha value is -3.50. The van der Waals surface area contributed by atoms with Crippen LogP contribution in [0.4, 0.5) is 0 Å². The van der Waals surface area contributed by atoms with Gasteiger partial charge in [-0.05, 0) is 31.9 Å². The standard InChI is InChI=1S/C27H35N7O3/c1-20-3-5-21(6-4-20)16-30-24(35)15-23-17-32(25(36)22-7-14-37-18-22)12-13-34(23)27(2)8-9-29-26(31-27)33-11-10-28-19-33/h3-6,8-11,19,22-23H,7,12-18H2,1-2H3,(H,29,31)(H,30,35). The molecule has 4 heterocycles. The molecule has 10 heteroatoms. The molecule has 2 aromatic rings. The van der Waals surface area contributed by atoms with E-state index in [1.54, 1.807) is 18.7 Å². The number of carbonyl (C=O) groups excluding carboxylic acids is 2. The molecule has 3 aliphatic heterocycles. The molecule has 2 N–H and O–H groups in total. The highest BCUT2D eigenvalue weighted by molar-refractivity contribution is 5.84. The third kappa shape index (κ3) is 5.75. The van der Waals surface area contributed by atoms with Gasteiger partial charge in [-0.25, -0.2) is 9.98 Å². The summed E-state index contributed by atoms with van der Waals surface area (Å²) in [5.41, 5.74) is 1.65. The second-order valence-corrected chi connectivity index (χ2v) is 10.2. The number of benzene rings is 1. The van der Waals surface area contributed by atoms with E-state index in [0.29, 0.717) is 45.4 Å². The maximum Gasteiger partial charge on any atom is 0.228 e. The monoisotopic (exact) mass is 505 g/mol. The molecule has 1 aromatic carbocycles. The van der Waals surface area contributed by atoms with Crippen molar-refractivity contribution in [1.29, 1.82) is 0 Å². The lowest BCUT2D eigenvalue weighted by Crippen LogP contribution is -2.68. The number of rotatable bonds is 6. The van der Waals surface area contributed by atoms with E-state index in [0.717, 1.165) is 12.0 Å². The van der Waals surface area contributed by atoms with Crippen molar-refractivity contribution in [2.75, 3.05) is 32.8 Å². The number of nitrogens with one attached hydrogen (secondary N) is 2. The van der Waals surface area contributed by atoms with Crippen molar-refractivity contribution >= 4 is 17.8 Å². The van der Waals surface area contributed by atoms with E-state index in [9.17, 15) is 9.59 Å². The van der Waals surface area contributed by atoms with Gasteiger partial charge in [-0.1, -0.05) is 29.8 Å². The fraction of sp³-hybridized carbons (Fsp3) is 0.481. The molecule has 0 radical (unpaired) electrons. The van der Waals surface area contributed by atoms with Crippen molar-refractivity contribution in [3.8, 4) is 0 Å². The van der Waals surface area contributed by atoms with Crippen LogP contribution in [0.3, 0.4) is 0 Å². The average Bonchev–Trinajstić information content (AvgIpc) is 3.63. The molecule has 196 valence electrons. The second kappa shape index (κ2) is 10.9. The summed E-state index contributed by atoms with van der Waals surface area (Å²) >= 11 is 0. The van der Waals surface area contributed by atoms with Crippen LogP contribution < -0.4 is 10.6 Å². The Morgan fingerprint density at radius 1 is 1.24 bits per heavy atom. The van der Waals surface area contributed by atoms with E-state index in [1.807, 2.05) is 52.9 Å². The minimum atomic E-state index is -0.588. The minimum absolute atomic E-state index is 0.0408. The number of aryl methyl sites for hydroxylation is 1. The number of aliphatic imine (C=N–C) groups is 1. The lowest BCUT2D eigenvalue weighted by molar-refractivity contribution is -0.141. The first-order valence-electron chi connectivity index (χ1n) is 12.9. The van der Waals surface area contributed by atoms with E-state index in [4.69, 9.17) is 4.74 Å². The topological polar surface area (TPSA) is 104 Å². The van der Waals surface area contributed by atoms with Crippen LogP contribution in [0.15, 0.2) is 60.3 Å². The Bertz CT molecular complexity index is 1160. The molecule has 10 nitrogen and oxygen atoms in total. The van der Waals surface area contributed by atoms with Crippen LogP contribution >= 0.6 is 0 Å². The lowest BCUT2D eigenvalue weighted by Gasteiger charge is -2.50. The number of amides is 2. The molecule has 3 aliphatic rings. The third-order valence-electron chi connectivity index (χ3n) is 7.41. The Labute approximate surface area is 217 Å². The first-order chi connectivity index (χ1) is 17.9. The summed E-state index contributed by atoms with van der Waals surface area (Å²) < 4.78 is 7.28. The zero-order valence-corrected chi connectivity index (χ0v) is 21.5. The number of hydrogen-bond donors (Lipinski definition) is 2. The quantitative estimate of drug-likeness (QED) is 0.617. The van der Waals surface area contributed by atoms with Crippen molar-refractivity contribution in [2.45, 2.75) is 44.9 Å². The second-order valence-electron chi connectivity index (χ2n) is 10.2. The van der Waals surface area contributed by atoms with Gasteiger partial charge in [0.25, 0.3) is 0 Å². The van der Waals surface area contributed by atoms with Gasteiger partial charge in [0.2, 0.25) is 17.8 Å². The van der Waals surface area contributed by atoms with E-state index in [-0.39, 0.29) is 30.2 Å². The van der Waals surface area contributed by atoms with E-state index >= 15 is 0 Å². The molecule has 0 bridgehead atoms. The highest BCUT2D eigenvalue weighted by atomic mass is 16.5. The van der Waals surface area contributed by atoms with Gasteiger partial charge >= 0.3 is 0 Å². The van der Waals surface area contributed by atoms with Gasteiger partial charge < -0.3 is 20.3 Å². The van der Waals surface area contributed by atoms with Gasteiger partial charge in [0.05, 0.1) is 12.5 Å². The summed E-state index contributed by atoms with van der Waals surface area (Å²) in [5.74, 6) is 0.652. The Morgan fingerprint density at radius 3 is 2.81 bits per heavy atom. The Kier molecular flexibility index (Phi) is 7.38. The number of ether oxygens (including phenoxy) is 1. The summed E-state index contributed by atoms with van der Waals surface area (Å²) in [7, 11) is 0. The fourth-order valence-electron chi connectivity index (χ4n) is 5.26. The van der Waals surface area contributed by atoms with Crippen molar-refractivity contribution in [1.82, 2.24) is 30.0 Å². The summed E-state index contributed by atoms with van der Waals surface area (Å²) in [6.45, 7) is 7.41. The summed E-state index contributed by atoms with van der Waals surface area (Å²) in [5, 5.41) is 6.59. The minimum Gasteiger partial charge on any atom is -0.381 e. The molecule has 5 rings (SSSR count). The number of imidazole rings is 1. The number of carbonyl (C=O) groups is 2. The van der Waals surface area contributed by atoms with Crippen LogP contribution in [0.1, 0.15) is 30.9 Å². The molecule has 2 amide bonds. The summed E-state index contributed by atoms with van der Waals surface area (Å²) in [4.78, 5) is 39.1. The highest BCUT2D eigenvalue weighted by Crippen LogP contribution is 2.27. The zero-order valence-electron chi connectivity index (χ0n) is 21.5. The molecule has 0 spiro atoms. The van der Waals surface area contributed by atoms with Crippen molar-refractivity contribution in [2.24, 2.45) is 10.9 Å². The average molecular weight is 506 g/mol. The van der Waals surface area contributed by atoms with Crippen LogP contribution in [0, 0.1) is 12.8 Å². The molecule has 2 fully saturated rings. The maximum absolute atomic E-state index is 13.2. The van der Waals surface area contributed by atoms with Gasteiger partial charge in [-0.15, -0.1) is 0 Å². The van der Waals surface area contributed by atoms with Crippen LogP contribution in [0.2, 0.25) is 0 Å². The van der Waals surface area contributed by atoms with Crippen LogP contribution in [0.5, 0.6) is 0 Å². The number of piperazine rings is 1. The normalized spacial score (nSPS) is 26.0. The third-order valence-corrected chi connectivity index (χ3v) is 7.41. The fourth-order valence-corrected chi connectivity index (χ4v) is 5.26. The van der Waals surface area contributed by atoms with Gasteiger partial charge in [0.1, 0.15) is 12.0 Å². The first-order valence-corrected chi connectivity index (χ1v) is 12.9. The van der Waals surface area contributed by atoms with Crippen LogP contribution in [-0.4, -0.2) is 81.7 Å². The maximum atomic E-state index is 13.2. The highest BCUT2D eigenvalue weighted by Gasteiger charge is 2.42. The van der Waals surface area contributed by atoms with Crippen LogP contribution in [-0.2, 0) is 20.9 Å². The lowest BCUT2D eigenvalue weighted by atomic mass is 9.98. The molecule has 3 unspecified atom stereocenters. The molecule has 1 aromatic heterocycles. The SMILES string of the molecule is Cc1ccc(CNC(=O)CC2CN(C(=O)C3CCOC3)CCN2C2(C)C=CN=C(n3ccnc3)N2)cc1. The van der Waals surface area contributed by atoms with E-state index in [1.165, 1.54) is 5.56 Å². The van der Waals surface area contributed by atoms with E-state index in [2.05, 4.69) is 32.4 Å². The molecular weight excluding hydrogens is 470 g/mol. The molecule has 3 atom stereocenters. The smallest absolute Gasteiger partial charge is 0.228 e. The Morgan fingerprint density at radius 2 is 2.08 bits per heavy atom. The molecule has 37 heavy (non-hydrogen) atoms.